The quantitative estimate of drug-likeness (QED) is 0.451. The van der Waals surface area contributed by atoms with Gasteiger partial charge in [-0.3, -0.25) is 4.79 Å². The number of β-lactam (4-membered cyclic amide) rings is 1. The summed E-state index contributed by atoms with van der Waals surface area (Å²) in [6.07, 6.45) is 0.775. The molecular weight excluding hydrogens is 154 g/mol. The van der Waals surface area contributed by atoms with E-state index in [1.54, 1.807) is 0 Å². The van der Waals surface area contributed by atoms with Gasteiger partial charge in [-0.2, -0.15) is 0 Å². The van der Waals surface area contributed by atoms with Crippen molar-refractivity contribution in [3.8, 4) is 0 Å². The molecule has 0 spiro atoms. The Bertz CT molecular complexity index is 162. The van der Waals surface area contributed by atoms with Gasteiger partial charge in [0.25, 0.3) is 0 Å². The fourth-order valence-electron chi connectivity index (χ4n) is 0.815. The summed E-state index contributed by atoms with van der Waals surface area (Å²) >= 11 is 0. The van der Waals surface area contributed by atoms with E-state index < -0.39 is 0 Å². The highest BCUT2D eigenvalue weighted by molar-refractivity contribution is 6.38. The number of carbonyl (C=O) groups is 1. The van der Waals surface area contributed by atoms with Crippen molar-refractivity contribution in [3.63, 3.8) is 0 Å². The van der Waals surface area contributed by atoms with Crippen LogP contribution in [-0.2, 0) is 4.79 Å². The summed E-state index contributed by atoms with van der Waals surface area (Å²) in [5.41, 5.74) is 0.369. The molecule has 62 valence electrons. The van der Waals surface area contributed by atoms with Crippen LogP contribution in [0.3, 0.4) is 0 Å². The lowest BCUT2D eigenvalue weighted by molar-refractivity contribution is -0.133. The third-order valence-corrected chi connectivity index (χ3v) is 3.72. The Labute approximate surface area is 70.9 Å². The summed E-state index contributed by atoms with van der Waals surface area (Å²) in [5.74, 6) is 0.340. The molecule has 2 radical (unpaired) electrons. The number of hydrogen-bond acceptors (Lipinski definition) is 1. The van der Waals surface area contributed by atoms with Gasteiger partial charge in [0.15, 0.2) is 9.68 Å². The smallest absolute Gasteiger partial charge is 0.216 e. The van der Waals surface area contributed by atoms with Crippen LogP contribution in [0.5, 0.6) is 0 Å². The van der Waals surface area contributed by atoms with Crippen LogP contribution in [0.25, 0.3) is 0 Å². The summed E-state index contributed by atoms with van der Waals surface area (Å²) < 4.78 is 1.96. The fourth-order valence-corrected chi connectivity index (χ4v) is 2.04. The molecule has 0 aliphatic carbocycles. The number of carbonyl (C=O) groups excluding carboxylic acids is 1. The molecule has 1 fully saturated rings. The molecule has 0 N–H and O–H groups in total. The Balaban J connectivity index is 2.17. The van der Waals surface area contributed by atoms with Crippen molar-refractivity contribution in [3.05, 3.63) is 0 Å². The minimum Gasteiger partial charge on any atom is -0.369 e. The van der Waals surface area contributed by atoms with E-state index >= 15 is 0 Å². The highest BCUT2D eigenvalue weighted by atomic mass is 28.2. The molecule has 1 heterocycles. The molecule has 0 aromatic heterocycles. The number of nitrogens with zero attached hydrogens (tertiary/aromatic N) is 1. The van der Waals surface area contributed by atoms with Crippen molar-refractivity contribution < 1.29 is 4.79 Å². The summed E-state index contributed by atoms with van der Waals surface area (Å²) in [5, 5.41) is 0. The summed E-state index contributed by atoms with van der Waals surface area (Å²) in [4.78, 5) is 10.9. The van der Waals surface area contributed by atoms with E-state index in [-0.39, 0.29) is 0 Å². The minimum atomic E-state index is 0.340. The second-order valence-electron chi connectivity index (χ2n) is 4.19. The van der Waals surface area contributed by atoms with Crippen LogP contribution in [-0.4, -0.2) is 26.7 Å². The Hall–Kier alpha value is -0.313. The molecule has 11 heavy (non-hydrogen) atoms. The lowest BCUT2D eigenvalue weighted by atomic mass is 10.0. The topological polar surface area (TPSA) is 20.3 Å². The third kappa shape index (κ3) is 2.65. The normalized spacial score (nSPS) is 18.5. The molecule has 3 heteroatoms. The van der Waals surface area contributed by atoms with Gasteiger partial charge in [-0.05, 0) is 11.5 Å². The zero-order valence-corrected chi connectivity index (χ0v) is 8.48. The van der Waals surface area contributed by atoms with Crippen molar-refractivity contribution >= 4 is 15.6 Å². The third-order valence-electron chi connectivity index (χ3n) is 1.65. The monoisotopic (exact) mass is 169 g/mol. The molecule has 1 rings (SSSR count). The Morgan fingerprint density at radius 2 is 2.18 bits per heavy atom. The Kier molecular flexibility index (Phi) is 2.37. The van der Waals surface area contributed by atoms with E-state index in [1.165, 1.54) is 0 Å². The van der Waals surface area contributed by atoms with Crippen LogP contribution in [0.1, 0.15) is 27.2 Å². The van der Waals surface area contributed by atoms with E-state index in [9.17, 15) is 4.79 Å². The van der Waals surface area contributed by atoms with Crippen molar-refractivity contribution in [2.24, 2.45) is 5.41 Å². The van der Waals surface area contributed by atoms with Gasteiger partial charge in [-0.25, -0.2) is 0 Å². The van der Waals surface area contributed by atoms with Gasteiger partial charge >= 0.3 is 0 Å². The fraction of sp³-hybridized carbons (Fsp3) is 0.875. The molecule has 0 aromatic rings. The predicted molar refractivity (Wildman–Crippen MR) is 46.3 cm³/mol. The zero-order chi connectivity index (χ0) is 8.48. The molecule has 1 saturated heterocycles. The van der Waals surface area contributed by atoms with Gasteiger partial charge in [-0.1, -0.05) is 20.8 Å². The van der Waals surface area contributed by atoms with Gasteiger partial charge < -0.3 is 4.57 Å². The van der Waals surface area contributed by atoms with Crippen molar-refractivity contribution in [1.82, 2.24) is 4.57 Å². The lowest BCUT2D eigenvalue weighted by Gasteiger charge is -2.32. The molecule has 1 aliphatic heterocycles. The Morgan fingerprint density at radius 1 is 1.55 bits per heavy atom. The van der Waals surface area contributed by atoms with Gasteiger partial charge in [0.1, 0.15) is 0 Å². The minimum absolute atomic E-state index is 0.340. The number of rotatable bonds is 2. The van der Waals surface area contributed by atoms with Gasteiger partial charge in [0.05, 0.1) is 0 Å². The second kappa shape index (κ2) is 2.97. The molecule has 0 bridgehead atoms. The van der Waals surface area contributed by atoms with Gasteiger partial charge in [-0.15, -0.1) is 0 Å². The summed E-state index contributed by atoms with van der Waals surface area (Å²) in [6.45, 7) is 7.63. The molecule has 1 aliphatic rings. The number of amides is 1. The van der Waals surface area contributed by atoms with E-state index in [4.69, 9.17) is 0 Å². The average molecular weight is 169 g/mol. The number of hydrogen-bond donors (Lipinski definition) is 0. The second-order valence-corrected chi connectivity index (χ2v) is 5.40. The first kappa shape index (κ1) is 8.78. The van der Waals surface area contributed by atoms with Crippen molar-refractivity contribution in [1.29, 1.82) is 0 Å². The SMILES string of the molecule is CC(C)(C)C[Si]N1CCC1=O. The lowest BCUT2D eigenvalue weighted by Crippen LogP contribution is -2.46. The maximum Gasteiger partial charge on any atom is 0.216 e. The maximum absolute atomic E-state index is 10.9. The molecular formula is C8H15NOSi. The van der Waals surface area contributed by atoms with Crippen LogP contribution < -0.4 is 0 Å². The standard InChI is InChI=1S/C8H15NOSi/c1-8(2,3)6-11-9-5-4-7(9)10/h4-6H2,1-3H3. The van der Waals surface area contributed by atoms with E-state index in [2.05, 4.69) is 20.8 Å². The highest BCUT2D eigenvalue weighted by Gasteiger charge is 2.25. The van der Waals surface area contributed by atoms with Crippen LogP contribution in [0.4, 0.5) is 0 Å². The molecule has 0 atom stereocenters. The summed E-state index contributed by atoms with van der Waals surface area (Å²) in [7, 11) is 0.708. The van der Waals surface area contributed by atoms with Crippen molar-refractivity contribution in [2.75, 3.05) is 6.54 Å². The van der Waals surface area contributed by atoms with Crippen LogP contribution in [0.15, 0.2) is 0 Å². The van der Waals surface area contributed by atoms with Gasteiger partial charge in [0, 0.05) is 13.0 Å². The molecule has 0 aromatic carbocycles. The first-order valence-corrected chi connectivity index (χ1v) is 5.18. The Morgan fingerprint density at radius 3 is 2.45 bits per heavy atom. The van der Waals surface area contributed by atoms with Crippen LogP contribution in [0.2, 0.25) is 6.04 Å². The zero-order valence-electron chi connectivity index (χ0n) is 7.48. The average Bonchev–Trinajstić information content (AvgIpc) is 1.82. The van der Waals surface area contributed by atoms with Crippen LogP contribution in [0, 0.1) is 5.41 Å². The molecule has 0 unspecified atom stereocenters. The van der Waals surface area contributed by atoms with E-state index in [0.717, 1.165) is 19.0 Å². The van der Waals surface area contributed by atoms with Gasteiger partial charge in [0.2, 0.25) is 5.91 Å². The molecule has 1 amide bonds. The predicted octanol–water partition coefficient (Wildman–Crippen LogP) is 1.30. The molecule has 2 nitrogen and oxygen atoms in total. The van der Waals surface area contributed by atoms with Crippen molar-refractivity contribution in [2.45, 2.75) is 33.2 Å². The van der Waals surface area contributed by atoms with E-state index in [0.29, 0.717) is 21.0 Å². The highest BCUT2D eigenvalue weighted by Crippen LogP contribution is 2.20. The first-order valence-electron chi connectivity index (χ1n) is 4.03. The largest absolute Gasteiger partial charge is 0.369 e. The van der Waals surface area contributed by atoms with E-state index in [1.807, 2.05) is 4.57 Å². The summed E-state index contributed by atoms with van der Waals surface area (Å²) in [6, 6.07) is 1.14. The first-order chi connectivity index (χ1) is 4.99. The van der Waals surface area contributed by atoms with Crippen LogP contribution >= 0.6 is 0 Å². The molecule has 0 saturated carbocycles. The maximum atomic E-state index is 10.9.